The Morgan fingerprint density at radius 1 is 0.300 bits per heavy atom. The maximum absolute atomic E-state index is 5.29. The van der Waals surface area contributed by atoms with E-state index in [0.717, 1.165) is 27.8 Å². The van der Waals surface area contributed by atoms with Crippen molar-refractivity contribution in [1.29, 1.82) is 0 Å². The third-order valence-electron chi connectivity index (χ3n) is 9.39. The molecule has 0 spiro atoms. The first kappa shape index (κ1) is 29.0. The first-order valence-electron chi connectivity index (χ1n) is 16.6. The van der Waals surface area contributed by atoms with Crippen molar-refractivity contribution < 1.29 is 0 Å². The van der Waals surface area contributed by atoms with E-state index < -0.39 is 0 Å². The van der Waals surface area contributed by atoms with Crippen molar-refractivity contribution in [3.05, 3.63) is 164 Å². The van der Waals surface area contributed by atoms with Gasteiger partial charge in [-0.05, 0) is 46.5 Å². The van der Waals surface area contributed by atoms with E-state index in [1.54, 1.807) is 22.7 Å². The summed E-state index contributed by atoms with van der Waals surface area (Å²) in [5.74, 6) is 1.98. The van der Waals surface area contributed by atoms with Gasteiger partial charge in [0, 0.05) is 57.0 Å². The van der Waals surface area contributed by atoms with E-state index in [4.69, 9.17) is 15.0 Å². The second-order valence-electron chi connectivity index (χ2n) is 12.4. The average molecular weight is 674 g/mol. The zero-order valence-corrected chi connectivity index (χ0v) is 28.4. The Morgan fingerprint density at radius 2 is 0.820 bits per heavy atom. The minimum atomic E-state index is 0.651. The summed E-state index contributed by atoms with van der Waals surface area (Å²) in [6, 6.07) is 57.9. The number of thiophene rings is 2. The van der Waals surface area contributed by atoms with E-state index >= 15 is 0 Å². The minimum absolute atomic E-state index is 0.651. The Labute approximate surface area is 296 Å². The van der Waals surface area contributed by atoms with Gasteiger partial charge < -0.3 is 0 Å². The summed E-state index contributed by atoms with van der Waals surface area (Å²) >= 11 is 3.60. The highest BCUT2D eigenvalue weighted by Crippen LogP contribution is 2.42. The molecule has 0 saturated heterocycles. The number of hydrogen-bond donors (Lipinski definition) is 0. The summed E-state index contributed by atoms with van der Waals surface area (Å²) in [4.78, 5) is 15.8. The molecule has 0 N–H and O–H groups in total. The highest BCUT2D eigenvalue weighted by atomic mass is 32.1. The Morgan fingerprint density at radius 3 is 1.60 bits per heavy atom. The molecule has 0 aliphatic carbocycles. The van der Waals surface area contributed by atoms with Gasteiger partial charge in [-0.15, -0.1) is 22.7 Å². The summed E-state index contributed by atoms with van der Waals surface area (Å²) in [6.07, 6.45) is 0. The van der Waals surface area contributed by atoms with Crippen molar-refractivity contribution in [1.82, 2.24) is 15.0 Å². The molecule has 0 unspecified atom stereocenters. The van der Waals surface area contributed by atoms with Crippen LogP contribution in [0.5, 0.6) is 0 Å². The first-order valence-corrected chi connectivity index (χ1v) is 18.2. The van der Waals surface area contributed by atoms with Crippen LogP contribution in [0, 0.1) is 0 Å². The van der Waals surface area contributed by atoms with Crippen molar-refractivity contribution in [3.63, 3.8) is 0 Å². The zero-order chi connectivity index (χ0) is 33.0. The Balaban J connectivity index is 1.22. The second kappa shape index (κ2) is 11.8. The lowest BCUT2D eigenvalue weighted by Crippen LogP contribution is -2.01. The number of hydrogen-bond acceptors (Lipinski definition) is 5. The summed E-state index contributed by atoms with van der Waals surface area (Å²) in [5, 5.41) is 5.00. The van der Waals surface area contributed by atoms with Gasteiger partial charge in [0.25, 0.3) is 0 Å². The van der Waals surface area contributed by atoms with Gasteiger partial charge in [-0.3, -0.25) is 0 Å². The first-order chi connectivity index (χ1) is 24.8. The van der Waals surface area contributed by atoms with E-state index in [0.29, 0.717) is 17.5 Å². The molecule has 0 atom stereocenters. The zero-order valence-electron chi connectivity index (χ0n) is 26.7. The van der Waals surface area contributed by atoms with Crippen LogP contribution >= 0.6 is 22.7 Å². The van der Waals surface area contributed by atoms with Crippen molar-refractivity contribution in [2.45, 2.75) is 0 Å². The molecule has 0 aliphatic heterocycles. The summed E-state index contributed by atoms with van der Waals surface area (Å²) in [7, 11) is 0. The van der Waals surface area contributed by atoms with Crippen LogP contribution in [-0.2, 0) is 0 Å². The molecular weight excluding hydrogens is 647 g/mol. The number of nitrogens with zero attached hydrogens (tertiary/aromatic N) is 3. The highest BCUT2D eigenvalue weighted by molar-refractivity contribution is 7.26. The van der Waals surface area contributed by atoms with E-state index in [-0.39, 0.29) is 0 Å². The van der Waals surface area contributed by atoms with Crippen LogP contribution in [0.2, 0.25) is 0 Å². The van der Waals surface area contributed by atoms with Crippen molar-refractivity contribution in [2.75, 3.05) is 0 Å². The fourth-order valence-corrected chi connectivity index (χ4v) is 9.39. The van der Waals surface area contributed by atoms with E-state index in [1.807, 2.05) is 0 Å². The molecule has 7 aromatic carbocycles. The maximum atomic E-state index is 5.29. The van der Waals surface area contributed by atoms with Crippen LogP contribution in [0.1, 0.15) is 0 Å². The van der Waals surface area contributed by atoms with Crippen molar-refractivity contribution in [3.8, 4) is 56.4 Å². The molecule has 3 heterocycles. The smallest absolute Gasteiger partial charge is 0.165 e. The molecule has 5 heteroatoms. The molecule has 0 bridgehead atoms. The third-order valence-corrected chi connectivity index (χ3v) is 11.7. The Kier molecular flexibility index (Phi) is 6.86. The maximum Gasteiger partial charge on any atom is 0.165 e. The van der Waals surface area contributed by atoms with Crippen LogP contribution in [0.25, 0.3) is 96.8 Å². The van der Waals surface area contributed by atoms with Gasteiger partial charge in [0.1, 0.15) is 0 Å². The van der Waals surface area contributed by atoms with Gasteiger partial charge in [0.2, 0.25) is 0 Å². The Hall–Kier alpha value is -6.01. The van der Waals surface area contributed by atoms with E-state index in [2.05, 4.69) is 164 Å². The van der Waals surface area contributed by atoms with Crippen LogP contribution in [0.3, 0.4) is 0 Å². The number of benzene rings is 7. The van der Waals surface area contributed by atoms with Gasteiger partial charge in [-0.2, -0.15) is 0 Å². The molecule has 234 valence electrons. The summed E-state index contributed by atoms with van der Waals surface area (Å²) < 4.78 is 4.93. The normalized spacial score (nSPS) is 11.6. The van der Waals surface area contributed by atoms with Gasteiger partial charge in [0.15, 0.2) is 17.5 Å². The number of rotatable bonds is 5. The lowest BCUT2D eigenvalue weighted by atomic mass is 9.91. The van der Waals surface area contributed by atoms with E-state index in [9.17, 15) is 0 Å². The summed E-state index contributed by atoms with van der Waals surface area (Å²) in [5.41, 5.74) is 7.50. The molecule has 3 nitrogen and oxygen atoms in total. The molecule has 10 rings (SSSR count). The molecule has 3 aromatic heterocycles. The largest absolute Gasteiger partial charge is 0.208 e. The Bertz CT molecular complexity index is 2890. The second-order valence-corrected chi connectivity index (χ2v) is 14.5. The van der Waals surface area contributed by atoms with Gasteiger partial charge in [-0.1, -0.05) is 140 Å². The van der Waals surface area contributed by atoms with Crippen LogP contribution in [-0.4, -0.2) is 15.0 Å². The fourth-order valence-electron chi connectivity index (χ4n) is 7.03. The fraction of sp³-hybridized carbons (Fsp3) is 0. The van der Waals surface area contributed by atoms with Crippen LogP contribution in [0.4, 0.5) is 0 Å². The quantitative estimate of drug-likeness (QED) is 0.182. The third kappa shape index (κ3) is 4.82. The predicted molar refractivity (Wildman–Crippen MR) is 213 cm³/mol. The molecular formula is C45H27N3S2. The topological polar surface area (TPSA) is 38.7 Å². The standard InChI is InChI=1S/C45H27N3S2/c1-2-13-28(14-3-1)30-15-4-5-16-31(30)32-17-6-7-20-37(32)44-46-43(29-25-26-35-33-18-8-10-23-39(33)49-41(35)27-29)47-45(48-44)38-22-12-21-36-34-19-9-11-24-40(34)50-42(36)38/h1-27H. The molecule has 50 heavy (non-hydrogen) atoms. The molecule has 0 saturated carbocycles. The molecule has 0 amide bonds. The average Bonchev–Trinajstić information content (AvgIpc) is 3.76. The molecule has 0 aliphatic rings. The van der Waals surface area contributed by atoms with Crippen molar-refractivity contribution >= 4 is 63.0 Å². The monoisotopic (exact) mass is 673 g/mol. The number of fused-ring (bicyclic) bond motifs is 6. The van der Waals surface area contributed by atoms with Gasteiger partial charge in [0.05, 0.1) is 0 Å². The summed E-state index contributed by atoms with van der Waals surface area (Å²) in [6.45, 7) is 0. The lowest BCUT2D eigenvalue weighted by molar-refractivity contribution is 1.08. The SMILES string of the molecule is c1ccc(-c2ccccc2-c2ccccc2-c2nc(-c3ccc4c(c3)sc3ccccc34)nc(-c3cccc4c3sc3ccccc34)n2)cc1. The van der Waals surface area contributed by atoms with Crippen molar-refractivity contribution in [2.24, 2.45) is 0 Å². The van der Waals surface area contributed by atoms with Crippen LogP contribution < -0.4 is 0 Å². The molecule has 10 aromatic rings. The number of aromatic nitrogens is 3. The molecule has 0 radical (unpaired) electrons. The highest BCUT2D eigenvalue weighted by Gasteiger charge is 2.20. The lowest BCUT2D eigenvalue weighted by Gasteiger charge is -2.15. The van der Waals surface area contributed by atoms with Gasteiger partial charge >= 0.3 is 0 Å². The predicted octanol–water partition coefficient (Wildman–Crippen LogP) is 12.9. The molecule has 0 fully saturated rings. The van der Waals surface area contributed by atoms with E-state index in [1.165, 1.54) is 51.5 Å². The van der Waals surface area contributed by atoms with Crippen LogP contribution in [0.15, 0.2) is 164 Å². The minimum Gasteiger partial charge on any atom is -0.208 e. The van der Waals surface area contributed by atoms with Gasteiger partial charge in [-0.25, -0.2) is 15.0 Å².